The number of aromatic nitrogens is 3. The van der Waals surface area contributed by atoms with Gasteiger partial charge in [0.25, 0.3) is 5.91 Å². The molecule has 1 aliphatic carbocycles. The summed E-state index contributed by atoms with van der Waals surface area (Å²) in [4.78, 5) is 17.7. The van der Waals surface area contributed by atoms with Crippen molar-refractivity contribution in [3.63, 3.8) is 0 Å². The summed E-state index contributed by atoms with van der Waals surface area (Å²) in [6.45, 7) is 4.43. The van der Waals surface area contributed by atoms with E-state index >= 15 is 0 Å². The van der Waals surface area contributed by atoms with Gasteiger partial charge in [0, 0.05) is 11.6 Å². The first-order chi connectivity index (χ1) is 12.0. The first kappa shape index (κ1) is 15.6. The van der Waals surface area contributed by atoms with E-state index in [9.17, 15) is 4.79 Å². The summed E-state index contributed by atoms with van der Waals surface area (Å²) in [5.74, 6) is 2.12. The number of hydrogen-bond acceptors (Lipinski definition) is 5. The molecule has 1 aliphatic rings. The molecule has 3 atom stereocenters. The van der Waals surface area contributed by atoms with Crippen molar-refractivity contribution in [2.75, 3.05) is 12.8 Å². The predicted octanol–water partition coefficient (Wildman–Crippen LogP) is 3.08. The van der Waals surface area contributed by atoms with Gasteiger partial charge in [-0.1, -0.05) is 26.0 Å². The molecule has 6 nitrogen and oxygen atoms in total. The third-order valence-corrected chi connectivity index (χ3v) is 5.27. The number of ether oxygens (including phenoxy) is 1. The van der Waals surface area contributed by atoms with Crippen LogP contribution in [0.4, 0.5) is 5.82 Å². The summed E-state index contributed by atoms with van der Waals surface area (Å²) in [7, 11) is 1.54. The fourth-order valence-electron chi connectivity index (χ4n) is 3.50. The van der Waals surface area contributed by atoms with Crippen LogP contribution < -0.4 is 10.5 Å². The molecule has 6 heteroatoms. The Morgan fingerprint density at radius 3 is 2.56 bits per heavy atom. The van der Waals surface area contributed by atoms with E-state index in [1.165, 1.54) is 11.8 Å². The number of benzene rings is 1. The van der Waals surface area contributed by atoms with E-state index in [0.29, 0.717) is 45.9 Å². The Kier molecular flexibility index (Phi) is 3.49. The van der Waals surface area contributed by atoms with Gasteiger partial charge in [-0.05, 0) is 36.1 Å². The van der Waals surface area contributed by atoms with Crippen molar-refractivity contribution in [2.45, 2.75) is 19.8 Å². The average Bonchev–Trinajstić information content (AvgIpc) is 3.09. The van der Waals surface area contributed by atoms with Crippen molar-refractivity contribution < 1.29 is 9.53 Å². The Balaban J connectivity index is 1.84. The number of carbonyl (C=O) groups is 1. The third-order valence-electron chi connectivity index (χ3n) is 5.27. The standard InChI is InChI=1S/C19H20N4O2/c1-10-11(2)16(10)14-9-8-13-17(20)22-23(18(13)21-14)19(24)12-6-4-5-7-15(12)25-3/h4-11,16H,1-3H3,(H2,20,22)/t10-,11+,16+. The molecule has 0 bridgehead atoms. The molecule has 0 spiro atoms. The second-order valence-corrected chi connectivity index (χ2v) is 6.65. The van der Waals surface area contributed by atoms with Crippen LogP contribution in [0.2, 0.25) is 0 Å². The summed E-state index contributed by atoms with van der Waals surface area (Å²) >= 11 is 0. The van der Waals surface area contributed by atoms with Crippen LogP contribution in [0.5, 0.6) is 5.75 Å². The van der Waals surface area contributed by atoms with Crippen molar-refractivity contribution in [3.05, 3.63) is 47.7 Å². The van der Waals surface area contributed by atoms with Gasteiger partial charge in [-0.25, -0.2) is 4.98 Å². The number of hydrogen-bond donors (Lipinski definition) is 1. The van der Waals surface area contributed by atoms with E-state index < -0.39 is 0 Å². The van der Waals surface area contributed by atoms with E-state index in [0.717, 1.165) is 5.69 Å². The maximum atomic E-state index is 13.0. The van der Waals surface area contributed by atoms with Gasteiger partial charge in [-0.2, -0.15) is 4.68 Å². The Morgan fingerprint density at radius 2 is 1.88 bits per heavy atom. The number of para-hydroxylation sites is 1. The zero-order chi connectivity index (χ0) is 17.7. The van der Waals surface area contributed by atoms with Gasteiger partial charge >= 0.3 is 0 Å². The molecular formula is C19H20N4O2. The predicted molar refractivity (Wildman–Crippen MR) is 95.7 cm³/mol. The highest BCUT2D eigenvalue weighted by molar-refractivity contribution is 6.03. The summed E-state index contributed by atoms with van der Waals surface area (Å²) in [6, 6.07) is 11.0. The Hall–Kier alpha value is -2.89. The fourth-order valence-corrected chi connectivity index (χ4v) is 3.50. The van der Waals surface area contributed by atoms with Crippen molar-refractivity contribution in [1.29, 1.82) is 0 Å². The second-order valence-electron chi connectivity index (χ2n) is 6.65. The molecule has 2 aromatic heterocycles. The largest absolute Gasteiger partial charge is 0.496 e. The highest BCUT2D eigenvalue weighted by atomic mass is 16.5. The molecule has 1 fully saturated rings. The smallest absolute Gasteiger partial charge is 0.283 e. The zero-order valence-corrected chi connectivity index (χ0v) is 14.4. The van der Waals surface area contributed by atoms with E-state index in [1.807, 2.05) is 18.2 Å². The Bertz CT molecular complexity index is 971. The summed E-state index contributed by atoms with van der Waals surface area (Å²) in [6.07, 6.45) is 0. The number of fused-ring (bicyclic) bond motifs is 1. The number of nitrogens with zero attached hydrogens (tertiary/aromatic N) is 3. The number of nitrogen functional groups attached to an aromatic ring is 1. The van der Waals surface area contributed by atoms with Gasteiger partial charge in [0.2, 0.25) is 0 Å². The maximum Gasteiger partial charge on any atom is 0.283 e. The lowest BCUT2D eigenvalue weighted by Crippen LogP contribution is -2.15. The van der Waals surface area contributed by atoms with Crippen LogP contribution in [-0.4, -0.2) is 27.8 Å². The molecule has 1 aromatic carbocycles. The molecule has 0 unspecified atom stereocenters. The third kappa shape index (κ3) is 2.36. The maximum absolute atomic E-state index is 13.0. The molecule has 128 valence electrons. The number of nitrogens with two attached hydrogens (primary N) is 1. The molecule has 0 amide bonds. The van der Waals surface area contributed by atoms with E-state index in [2.05, 4.69) is 18.9 Å². The van der Waals surface area contributed by atoms with Crippen LogP contribution in [0.15, 0.2) is 36.4 Å². The molecule has 3 aromatic rings. The fraction of sp³-hybridized carbons (Fsp3) is 0.316. The Labute approximate surface area is 145 Å². The second kappa shape index (κ2) is 5.58. The highest BCUT2D eigenvalue weighted by Crippen LogP contribution is 2.52. The summed E-state index contributed by atoms with van der Waals surface area (Å²) in [5.41, 5.74) is 7.92. The van der Waals surface area contributed by atoms with Gasteiger partial charge in [0.1, 0.15) is 5.75 Å². The van der Waals surface area contributed by atoms with Gasteiger partial charge in [0.05, 0.1) is 18.1 Å². The SMILES string of the molecule is COc1ccccc1C(=O)n1nc(N)c2ccc([C@H]3[C@H](C)[C@@H]3C)nc21. The monoisotopic (exact) mass is 336 g/mol. The minimum Gasteiger partial charge on any atom is -0.496 e. The molecule has 2 heterocycles. The quantitative estimate of drug-likeness (QED) is 0.795. The van der Waals surface area contributed by atoms with Gasteiger partial charge < -0.3 is 10.5 Å². The normalized spacial score (nSPS) is 22.1. The van der Waals surface area contributed by atoms with Crippen LogP contribution in [-0.2, 0) is 0 Å². The Morgan fingerprint density at radius 1 is 1.16 bits per heavy atom. The molecule has 4 rings (SSSR count). The van der Waals surface area contributed by atoms with Crippen LogP contribution in [0.1, 0.15) is 35.8 Å². The minimum atomic E-state index is -0.305. The molecule has 25 heavy (non-hydrogen) atoms. The van der Waals surface area contributed by atoms with Crippen molar-refractivity contribution in [2.24, 2.45) is 11.8 Å². The van der Waals surface area contributed by atoms with Crippen LogP contribution in [0, 0.1) is 11.8 Å². The van der Waals surface area contributed by atoms with Crippen molar-refractivity contribution in [1.82, 2.24) is 14.8 Å². The number of methoxy groups -OCH3 is 1. The molecule has 0 radical (unpaired) electrons. The highest BCUT2D eigenvalue weighted by Gasteiger charge is 2.45. The first-order valence-electron chi connectivity index (χ1n) is 8.35. The van der Waals surface area contributed by atoms with Crippen molar-refractivity contribution >= 4 is 22.8 Å². The lowest BCUT2D eigenvalue weighted by Gasteiger charge is -2.07. The first-order valence-corrected chi connectivity index (χ1v) is 8.35. The van der Waals surface area contributed by atoms with Crippen LogP contribution in [0.25, 0.3) is 11.0 Å². The lowest BCUT2D eigenvalue weighted by atomic mass is 10.2. The van der Waals surface area contributed by atoms with E-state index in [4.69, 9.17) is 15.5 Å². The minimum absolute atomic E-state index is 0.300. The summed E-state index contributed by atoms with van der Waals surface area (Å²) < 4.78 is 6.57. The topological polar surface area (TPSA) is 83.0 Å². The average molecular weight is 336 g/mol. The van der Waals surface area contributed by atoms with Gasteiger partial charge in [0.15, 0.2) is 11.5 Å². The molecule has 0 aliphatic heterocycles. The number of anilines is 1. The number of rotatable bonds is 3. The number of pyridine rings is 1. The van der Waals surface area contributed by atoms with Gasteiger partial charge in [-0.15, -0.1) is 5.10 Å². The zero-order valence-electron chi connectivity index (χ0n) is 14.4. The van der Waals surface area contributed by atoms with Crippen molar-refractivity contribution in [3.8, 4) is 5.75 Å². The van der Waals surface area contributed by atoms with Crippen LogP contribution >= 0.6 is 0 Å². The van der Waals surface area contributed by atoms with E-state index in [1.54, 1.807) is 18.2 Å². The summed E-state index contributed by atoms with van der Waals surface area (Å²) in [5, 5.41) is 4.92. The van der Waals surface area contributed by atoms with Gasteiger partial charge in [-0.3, -0.25) is 4.79 Å². The lowest BCUT2D eigenvalue weighted by molar-refractivity contribution is 0.0947. The van der Waals surface area contributed by atoms with Crippen LogP contribution in [0.3, 0.4) is 0 Å². The molecular weight excluding hydrogens is 316 g/mol. The molecule has 0 saturated heterocycles. The number of carbonyl (C=O) groups excluding carboxylic acids is 1. The molecule has 2 N–H and O–H groups in total. The van der Waals surface area contributed by atoms with E-state index in [-0.39, 0.29) is 5.91 Å². The molecule has 1 saturated carbocycles.